The molecule has 1 fully saturated rings. The van der Waals surface area contributed by atoms with E-state index < -0.39 is 17.6 Å². The molecule has 0 saturated carbocycles. The Kier molecular flexibility index (Phi) is 3.59. The SMILES string of the molecule is CN1CCNCC1c1ccc(F)c(C(F)(F)F)c1. The fourth-order valence-electron chi connectivity index (χ4n) is 2.15. The third kappa shape index (κ3) is 2.64. The van der Waals surface area contributed by atoms with E-state index in [1.165, 1.54) is 6.07 Å². The van der Waals surface area contributed by atoms with Crippen molar-refractivity contribution in [3.05, 3.63) is 35.1 Å². The quantitative estimate of drug-likeness (QED) is 0.782. The molecule has 1 heterocycles. The summed E-state index contributed by atoms with van der Waals surface area (Å²) in [6.07, 6.45) is -4.65. The van der Waals surface area contributed by atoms with Crippen molar-refractivity contribution in [3.63, 3.8) is 0 Å². The standard InChI is InChI=1S/C12H14F4N2/c1-18-5-4-17-7-11(18)8-2-3-10(13)9(6-8)12(14,15)16/h2-3,6,11,17H,4-5,7H2,1H3. The van der Waals surface area contributed by atoms with Crippen LogP contribution in [0.2, 0.25) is 0 Å². The van der Waals surface area contributed by atoms with Gasteiger partial charge in [0.15, 0.2) is 0 Å². The van der Waals surface area contributed by atoms with Gasteiger partial charge in [-0.3, -0.25) is 4.90 Å². The number of piperazine rings is 1. The lowest BCUT2D eigenvalue weighted by molar-refractivity contribution is -0.140. The number of nitrogens with zero attached hydrogens (tertiary/aromatic N) is 1. The van der Waals surface area contributed by atoms with Crippen molar-refractivity contribution in [1.82, 2.24) is 10.2 Å². The van der Waals surface area contributed by atoms with Crippen LogP contribution in [0, 0.1) is 5.82 Å². The number of hydrogen-bond acceptors (Lipinski definition) is 2. The maximum atomic E-state index is 13.2. The van der Waals surface area contributed by atoms with E-state index in [1.807, 2.05) is 11.9 Å². The molecule has 6 heteroatoms. The second-order valence-corrected chi connectivity index (χ2v) is 4.44. The molecule has 0 aliphatic carbocycles. The minimum atomic E-state index is -4.65. The highest BCUT2D eigenvalue weighted by atomic mass is 19.4. The maximum absolute atomic E-state index is 13.2. The minimum Gasteiger partial charge on any atom is -0.314 e. The van der Waals surface area contributed by atoms with Crippen molar-refractivity contribution in [1.29, 1.82) is 0 Å². The van der Waals surface area contributed by atoms with Crippen LogP contribution >= 0.6 is 0 Å². The monoisotopic (exact) mass is 262 g/mol. The molecule has 1 atom stereocenters. The van der Waals surface area contributed by atoms with E-state index in [0.29, 0.717) is 12.1 Å². The van der Waals surface area contributed by atoms with Gasteiger partial charge in [0.05, 0.1) is 5.56 Å². The van der Waals surface area contributed by atoms with Crippen molar-refractivity contribution >= 4 is 0 Å². The zero-order chi connectivity index (χ0) is 13.3. The van der Waals surface area contributed by atoms with Crippen LogP contribution in [0.4, 0.5) is 17.6 Å². The Hall–Kier alpha value is -1.14. The normalized spacial score (nSPS) is 22.2. The zero-order valence-electron chi connectivity index (χ0n) is 9.89. The number of benzene rings is 1. The predicted molar refractivity (Wildman–Crippen MR) is 59.6 cm³/mol. The molecule has 1 aliphatic heterocycles. The molecule has 2 rings (SSSR count). The van der Waals surface area contributed by atoms with Crippen LogP contribution in [0.25, 0.3) is 0 Å². The van der Waals surface area contributed by atoms with Crippen LogP contribution in [0.3, 0.4) is 0 Å². The Morgan fingerprint density at radius 1 is 1.33 bits per heavy atom. The Balaban J connectivity index is 2.34. The van der Waals surface area contributed by atoms with Gasteiger partial charge in [0.25, 0.3) is 0 Å². The highest BCUT2D eigenvalue weighted by Crippen LogP contribution is 2.33. The van der Waals surface area contributed by atoms with Crippen molar-refractivity contribution < 1.29 is 17.6 Å². The molecule has 1 saturated heterocycles. The number of alkyl halides is 3. The van der Waals surface area contributed by atoms with Crippen molar-refractivity contribution in [2.75, 3.05) is 26.7 Å². The first-order chi connectivity index (χ1) is 8.39. The van der Waals surface area contributed by atoms with E-state index in [2.05, 4.69) is 5.32 Å². The van der Waals surface area contributed by atoms with Gasteiger partial charge in [0.2, 0.25) is 0 Å². The van der Waals surface area contributed by atoms with Crippen LogP contribution in [0.15, 0.2) is 18.2 Å². The van der Waals surface area contributed by atoms with Gasteiger partial charge < -0.3 is 5.32 Å². The first-order valence-electron chi connectivity index (χ1n) is 5.67. The summed E-state index contributed by atoms with van der Waals surface area (Å²) in [7, 11) is 1.85. The molecule has 0 radical (unpaired) electrons. The van der Waals surface area contributed by atoms with Crippen LogP contribution in [-0.4, -0.2) is 31.6 Å². The number of likely N-dealkylation sites (N-methyl/N-ethyl adjacent to an activating group) is 1. The molecule has 18 heavy (non-hydrogen) atoms. The zero-order valence-corrected chi connectivity index (χ0v) is 9.89. The average Bonchev–Trinajstić information content (AvgIpc) is 2.29. The van der Waals surface area contributed by atoms with Crippen molar-refractivity contribution in [2.24, 2.45) is 0 Å². The first kappa shape index (κ1) is 13.3. The Bertz CT molecular complexity index is 431. The van der Waals surface area contributed by atoms with E-state index >= 15 is 0 Å². The molecule has 0 bridgehead atoms. The smallest absolute Gasteiger partial charge is 0.314 e. The lowest BCUT2D eigenvalue weighted by atomic mass is 10.0. The molecule has 0 aromatic heterocycles. The third-order valence-electron chi connectivity index (χ3n) is 3.19. The summed E-state index contributed by atoms with van der Waals surface area (Å²) in [5, 5.41) is 3.12. The molecular formula is C12H14F4N2. The van der Waals surface area contributed by atoms with Gasteiger partial charge in [0.1, 0.15) is 5.82 Å². The van der Waals surface area contributed by atoms with Gasteiger partial charge in [0, 0.05) is 25.7 Å². The molecule has 0 spiro atoms. The van der Waals surface area contributed by atoms with Gasteiger partial charge in [-0.15, -0.1) is 0 Å². The minimum absolute atomic E-state index is 0.152. The predicted octanol–water partition coefficient (Wildman–Crippen LogP) is 2.42. The molecule has 2 nitrogen and oxygen atoms in total. The molecule has 1 aromatic rings. The summed E-state index contributed by atoms with van der Waals surface area (Å²) < 4.78 is 51.1. The maximum Gasteiger partial charge on any atom is 0.419 e. The highest BCUT2D eigenvalue weighted by molar-refractivity contribution is 5.30. The van der Waals surface area contributed by atoms with Crippen molar-refractivity contribution in [3.8, 4) is 0 Å². The summed E-state index contributed by atoms with van der Waals surface area (Å²) in [4.78, 5) is 1.96. The van der Waals surface area contributed by atoms with Gasteiger partial charge in [-0.25, -0.2) is 4.39 Å². The van der Waals surface area contributed by atoms with Crippen LogP contribution in [0.1, 0.15) is 17.2 Å². The highest BCUT2D eigenvalue weighted by Gasteiger charge is 2.35. The second kappa shape index (κ2) is 4.85. The second-order valence-electron chi connectivity index (χ2n) is 4.44. The summed E-state index contributed by atoms with van der Waals surface area (Å²) in [5.41, 5.74) is -0.711. The number of hydrogen-bond donors (Lipinski definition) is 1. The molecule has 100 valence electrons. The van der Waals surface area contributed by atoms with E-state index in [9.17, 15) is 17.6 Å². The average molecular weight is 262 g/mol. The van der Waals surface area contributed by atoms with Gasteiger partial charge >= 0.3 is 6.18 Å². The molecule has 0 amide bonds. The summed E-state index contributed by atoms with van der Waals surface area (Å²) in [6, 6.07) is 3.06. The van der Waals surface area contributed by atoms with Gasteiger partial charge in [-0.2, -0.15) is 13.2 Å². The van der Waals surface area contributed by atoms with Crippen LogP contribution in [-0.2, 0) is 6.18 Å². The van der Waals surface area contributed by atoms with E-state index in [1.54, 1.807) is 0 Å². The Labute approximate surface area is 103 Å². The van der Waals surface area contributed by atoms with E-state index in [0.717, 1.165) is 25.2 Å². The third-order valence-corrected chi connectivity index (χ3v) is 3.19. The molecule has 1 aromatic carbocycles. The topological polar surface area (TPSA) is 15.3 Å². The van der Waals surface area contributed by atoms with Crippen molar-refractivity contribution in [2.45, 2.75) is 12.2 Å². The summed E-state index contributed by atoms with van der Waals surface area (Å²) >= 11 is 0. The van der Waals surface area contributed by atoms with Crippen LogP contribution < -0.4 is 5.32 Å². The lowest BCUT2D eigenvalue weighted by Crippen LogP contribution is -2.43. The Morgan fingerprint density at radius 2 is 2.06 bits per heavy atom. The van der Waals surface area contributed by atoms with Gasteiger partial charge in [-0.05, 0) is 24.7 Å². The first-order valence-corrected chi connectivity index (χ1v) is 5.67. The summed E-state index contributed by atoms with van der Waals surface area (Å²) in [6.45, 7) is 2.13. The van der Waals surface area contributed by atoms with E-state index in [4.69, 9.17) is 0 Å². The lowest BCUT2D eigenvalue weighted by Gasteiger charge is -2.33. The Morgan fingerprint density at radius 3 is 2.67 bits per heavy atom. The fraction of sp³-hybridized carbons (Fsp3) is 0.500. The molecule has 1 N–H and O–H groups in total. The fourth-order valence-corrected chi connectivity index (χ4v) is 2.15. The number of nitrogens with one attached hydrogen (secondary N) is 1. The molecule has 1 unspecified atom stereocenters. The van der Waals surface area contributed by atoms with E-state index in [-0.39, 0.29) is 6.04 Å². The molecular weight excluding hydrogens is 248 g/mol. The summed E-state index contributed by atoms with van der Waals surface area (Å²) in [5.74, 6) is -1.22. The largest absolute Gasteiger partial charge is 0.419 e. The van der Waals surface area contributed by atoms with Crippen LogP contribution in [0.5, 0.6) is 0 Å². The number of halogens is 4. The molecule has 1 aliphatic rings. The van der Waals surface area contributed by atoms with Gasteiger partial charge in [-0.1, -0.05) is 6.07 Å². The number of rotatable bonds is 1.